The number of carbonyl (C=O) groups excluding carboxylic acids is 1. The summed E-state index contributed by atoms with van der Waals surface area (Å²) in [7, 11) is 1.72. The second kappa shape index (κ2) is 5.15. The normalized spacial score (nSPS) is 10.8. The first-order valence-corrected chi connectivity index (χ1v) is 6.98. The van der Waals surface area contributed by atoms with E-state index in [9.17, 15) is 9.59 Å². The summed E-state index contributed by atoms with van der Waals surface area (Å²) in [4.78, 5) is 23.8. The fraction of sp³-hybridized carbons (Fsp3) is 0.111. The molecule has 0 bridgehead atoms. The van der Waals surface area contributed by atoms with Crippen molar-refractivity contribution in [2.45, 2.75) is 6.92 Å². The number of amides is 1. The van der Waals surface area contributed by atoms with E-state index in [0.717, 1.165) is 22.1 Å². The van der Waals surface area contributed by atoms with Crippen molar-refractivity contribution in [3.63, 3.8) is 0 Å². The molecule has 0 aliphatic rings. The molecular weight excluding hydrogens is 276 g/mol. The maximum absolute atomic E-state index is 12.2. The molecule has 110 valence electrons. The number of rotatable bonds is 2. The van der Waals surface area contributed by atoms with Crippen molar-refractivity contribution in [2.75, 3.05) is 0 Å². The molecule has 3 aromatic rings. The molecule has 0 saturated carbocycles. The van der Waals surface area contributed by atoms with Crippen molar-refractivity contribution in [1.29, 1.82) is 0 Å². The largest absolute Gasteiger partial charge is 0.366 e. The Morgan fingerprint density at radius 1 is 1.09 bits per heavy atom. The number of benzene rings is 2. The van der Waals surface area contributed by atoms with E-state index in [2.05, 4.69) is 0 Å². The zero-order chi connectivity index (χ0) is 15.9. The van der Waals surface area contributed by atoms with Gasteiger partial charge in [0.05, 0.1) is 0 Å². The molecule has 2 aromatic carbocycles. The van der Waals surface area contributed by atoms with E-state index in [0.29, 0.717) is 10.9 Å². The second-order valence-electron chi connectivity index (χ2n) is 5.40. The zero-order valence-corrected chi connectivity index (χ0v) is 12.5. The maximum Gasteiger partial charge on any atom is 0.258 e. The minimum atomic E-state index is -0.450. The number of carbonyl (C=O) groups is 1. The molecule has 1 aromatic heterocycles. The smallest absolute Gasteiger partial charge is 0.258 e. The molecule has 0 radical (unpaired) electrons. The quantitative estimate of drug-likeness (QED) is 0.789. The van der Waals surface area contributed by atoms with E-state index >= 15 is 0 Å². The topological polar surface area (TPSA) is 65.1 Å². The standard InChI is InChI=1S/C18H16N2O2/c1-11-7-8-12(9-15(11)17(19)21)16-10-20(2)18(22)14-6-4-3-5-13(14)16/h3-10H,1-2H3,(H2,19,21). The van der Waals surface area contributed by atoms with Gasteiger partial charge in [0, 0.05) is 29.8 Å². The highest BCUT2D eigenvalue weighted by atomic mass is 16.1. The molecule has 22 heavy (non-hydrogen) atoms. The number of aromatic nitrogens is 1. The number of hydrogen-bond acceptors (Lipinski definition) is 2. The third kappa shape index (κ3) is 2.19. The molecule has 2 N–H and O–H groups in total. The second-order valence-corrected chi connectivity index (χ2v) is 5.40. The van der Waals surface area contributed by atoms with Crippen molar-refractivity contribution in [2.24, 2.45) is 12.8 Å². The number of hydrogen-bond donors (Lipinski definition) is 1. The van der Waals surface area contributed by atoms with Gasteiger partial charge in [-0.25, -0.2) is 0 Å². The van der Waals surface area contributed by atoms with Crippen LogP contribution in [0.2, 0.25) is 0 Å². The first-order chi connectivity index (χ1) is 10.5. The average Bonchev–Trinajstić information content (AvgIpc) is 2.51. The Morgan fingerprint density at radius 2 is 1.77 bits per heavy atom. The monoisotopic (exact) mass is 292 g/mol. The van der Waals surface area contributed by atoms with E-state index < -0.39 is 5.91 Å². The summed E-state index contributed by atoms with van der Waals surface area (Å²) >= 11 is 0. The molecule has 1 heterocycles. The van der Waals surface area contributed by atoms with Gasteiger partial charge in [-0.1, -0.05) is 30.3 Å². The van der Waals surface area contributed by atoms with Crippen LogP contribution in [0.3, 0.4) is 0 Å². The van der Waals surface area contributed by atoms with Gasteiger partial charge in [-0.3, -0.25) is 9.59 Å². The van der Waals surface area contributed by atoms with Gasteiger partial charge in [0.1, 0.15) is 0 Å². The fourth-order valence-corrected chi connectivity index (χ4v) is 2.70. The highest BCUT2D eigenvalue weighted by Crippen LogP contribution is 2.28. The predicted molar refractivity (Wildman–Crippen MR) is 87.9 cm³/mol. The molecule has 4 nitrogen and oxygen atoms in total. The molecule has 3 rings (SSSR count). The summed E-state index contributed by atoms with van der Waals surface area (Å²) in [5.74, 6) is -0.450. The highest BCUT2D eigenvalue weighted by Gasteiger charge is 2.11. The molecule has 0 unspecified atom stereocenters. The van der Waals surface area contributed by atoms with Crippen LogP contribution in [0.5, 0.6) is 0 Å². The van der Waals surface area contributed by atoms with Crippen molar-refractivity contribution in [1.82, 2.24) is 4.57 Å². The van der Waals surface area contributed by atoms with E-state index in [-0.39, 0.29) is 5.56 Å². The summed E-state index contributed by atoms with van der Waals surface area (Å²) in [6.07, 6.45) is 1.79. The number of nitrogens with two attached hydrogens (primary N) is 1. The van der Waals surface area contributed by atoms with Crippen LogP contribution in [-0.4, -0.2) is 10.5 Å². The van der Waals surface area contributed by atoms with Gasteiger partial charge in [-0.15, -0.1) is 0 Å². The van der Waals surface area contributed by atoms with Crippen LogP contribution in [0.15, 0.2) is 53.5 Å². The molecule has 0 atom stereocenters. The lowest BCUT2D eigenvalue weighted by atomic mass is 9.97. The molecule has 4 heteroatoms. The lowest BCUT2D eigenvalue weighted by molar-refractivity contribution is 0.1000. The minimum absolute atomic E-state index is 0.0402. The van der Waals surface area contributed by atoms with Crippen LogP contribution in [0.1, 0.15) is 15.9 Å². The van der Waals surface area contributed by atoms with Gasteiger partial charge in [0.15, 0.2) is 0 Å². The number of fused-ring (bicyclic) bond motifs is 1. The molecule has 0 spiro atoms. The molecule has 0 fully saturated rings. The number of pyridine rings is 1. The van der Waals surface area contributed by atoms with E-state index in [4.69, 9.17) is 5.73 Å². The predicted octanol–water partition coefficient (Wildman–Crippen LogP) is 2.61. The Hall–Kier alpha value is -2.88. The molecule has 0 aliphatic carbocycles. The lowest BCUT2D eigenvalue weighted by Gasteiger charge is -2.11. The average molecular weight is 292 g/mol. The summed E-state index contributed by atoms with van der Waals surface area (Å²) < 4.78 is 1.56. The summed E-state index contributed by atoms with van der Waals surface area (Å²) in [6, 6.07) is 13.1. The van der Waals surface area contributed by atoms with Gasteiger partial charge in [0.2, 0.25) is 5.91 Å². The van der Waals surface area contributed by atoms with Gasteiger partial charge < -0.3 is 10.3 Å². The van der Waals surface area contributed by atoms with E-state index in [1.54, 1.807) is 23.9 Å². The van der Waals surface area contributed by atoms with Crippen molar-refractivity contribution in [3.05, 3.63) is 70.1 Å². The molecule has 0 saturated heterocycles. The van der Waals surface area contributed by atoms with E-state index in [1.807, 2.05) is 43.3 Å². The van der Waals surface area contributed by atoms with Crippen LogP contribution in [0.4, 0.5) is 0 Å². The van der Waals surface area contributed by atoms with Gasteiger partial charge in [-0.2, -0.15) is 0 Å². The maximum atomic E-state index is 12.2. The Morgan fingerprint density at radius 3 is 2.45 bits per heavy atom. The lowest BCUT2D eigenvalue weighted by Crippen LogP contribution is -2.16. The van der Waals surface area contributed by atoms with Gasteiger partial charge in [0.25, 0.3) is 5.56 Å². The number of aryl methyl sites for hydroxylation is 2. The third-order valence-corrected chi connectivity index (χ3v) is 3.90. The molecule has 1 amide bonds. The van der Waals surface area contributed by atoms with Crippen molar-refractivity contribution >= 4 is 16.7 Å². The van der Waals surface area contributed by atoms with Crippen LogP contribution in [0, 0.1) is 6.92 Å². The van der Waals surface area contributed by atoms with Crippen LogP contribution >= 0.6 is 0 Å². The van der Waals surface area contributed by atoms with E-state index in [1.165, 1.54) is 0 Å². The van der Waals surface area contributed by atoms with Gasteiger partial charge in [-0.05, 0) is 35.6 Å². The number of primary amides is 1. The van der Waals surface area contributed by atoms with Crippen LogP contribution in [0.25, 0.3) is 21.9 Å². The first-order valence-electron chi connectivity index (χ1n) is 6.98. The number of nitrogens with zero attached hydrogens (tertiary/aromatic N) is 1. The summed E-state index contributed by atoms with van der Waals surface area (Å²) in [5.41, 5.74) is 8.50. The first kappa shape index (κ1) is 14.1. The SMILES string of the molecule is Cc1ccc(-c2cn(C)c(=O)c3ccccc23)cc1C(N)=O. The van der Waals surface area contributed by atoms with Crippen molar-refractivity contribution in [3.8, 4) is 11.1 Å². The van der Waals surface area contributed by atoms with Crippen LogP contribution < -0.4 is 11.3 Å². The minimum Gasteiger partial charge on any atom is -0.366 e. The third-order valence-electron chi connectivity index (χ3n) is 3.90. The highest BCUT2D eigenvalue weighted by molar-refractivity contribution is 5.99. The van der Waals surface area contributed by atoms with Crippen LogP contribution in [-0.2, 0) is 7.05 Å². The Balaban J connectivity index is 2.36. The fourth-order valence-electron chi connectivity index (χ4n) is 2.70. The summed E-state index contributed by atoms with van der Waals surface area (Å²) in [5, 5.41) is 1.52. The Labute approximate surface area is 127 Å². The van der Waals surface area contributed by atoms with Crippen molar-refractivity contribution < 1.29 is 4.79 Å². The molecule has 0 aliphatic heterocycles. The zero-order valence-electron chi connectivity index (χ0n) is 12.5. The molecular formula is C18H16N2O2. The van der Waals surface area contributed by atoms with Gasteiger partial charge >= 0.3 is 0 Å². The Bertz CT molecular complexity index is 955. The summed E-state index contributed by atoms with van der Waals surface area (Å²) in [6.45, 7) is 1.85. The Kier molecular flexibility index (Phi) is 3.29.